The van der Waals surface area contributed by atoms with Gasteiger partial charge in [-0.05, 0) is 37.3 Å². The number of hydrogen-bond acceptors (Lipinski definition) is 2. The summed E-state index contributed by atoms with van der Waals surface area (Å²) in [6.45, 7) is 7.02. The van der Waals surface area contributed by atoms with Gasteiger partial charge in [-0.15, -0.1) is 0 Å². The number of aromatic amines is 1. The third kappa shape index (κ3) is 3.13. The summed E-state index contributed by atoms with van der Waals surface area (Å²) < 4.78 is 5.63. The molecule has 5 heteroatoms. The fourth-order valence-corrected chi connectivity index (χ4v) is 4.30. The maximum Gasteiger partial charge on any atom is 0.193 e. The van der Waals surface area contributed by atoms with Crippen molar-refractivity contribution in [3.63, 3.8) is 0 Å². The summed E-state index contributed by atoms with van der Waals surface area (Å²) in [7, 11) is 1.88. The van der Waals surface area contributed by atoms with Gasteiger partial charge in [0.2, 0.25) is 0 Å². The van der Waals surface area contributed by atoms with Crippen LogP contribution in [0.5, 0.6) is 0 Å². The van der Waals surface area contributed by atoms with E-state index in [1.54, 1.807) is 0 Å². The number of likely N-dealkylation sites (tertiary alicyclic amines) is 1. The number of rotatable bonds is 3. The quantitative estimate of drug-likeness (QED) is 0.667. The smallest absolute Gasteiger partial charge is 0.193 e. The molecular weight excluding hydrogens is 312 g/mol. The molecule has 5 nitrogen and oxygen atoms in total. The van der Waals surface area contributed by atoms with Gasteiger partial charge in [0, 0.05) is 55.8 Å². The molecular formula is C20H28N4O. The minimum Gasteiger partial charge on any atom is -0.381 e. The predicted octanol–water partition coefficient (Wildman–Crippen LogP) is 2.71. The number of nitrogens with zero attached hydrogens (tertiary/aromatic N) is 2. The van der Waals surface area contributed by atoms with Crippen LogP contribution in [-0.2, 0) is 11.2 Å². The van der Waals surface area contributed by atoms with E-state index >= 15 is 0 Å². The highest BCUT2D eigenvalue weighted by Crippen LogP contribution is 2.38. The van der Waals surface area contributed by atoms with Crippen molar-refractivity contribution in [3.05, 3.63) is 35.5 Å². The predicted molar refractivity (Wildman–Crippen MR) is 102 cm³/mol. The van der Waals surface area contributed by atoms with Crippen LogP contribution in [0, 0.1) is 12.3 Å². The lowest BCUT2D eigenvalue weighted by Gasteiger charge is -2.24. The van der Waals surface area contributed by atoms with Crippen molar-refractivity contribution < 1.29 is 4.74 Å². The van der Waals surface area contributed by atoms with Crippen LogP contribution in [0.1, 0.15) is 24.0 Å². The molecule has 2 aliphatic heterocycles. The molecule has 134 valence electrons. The Kier molecular flexibility index (Phi) is 4.42. The lowest BCUT2D eigenvalue weighted by atomic mass is 9.87. The summed E-state index contributed by atoms with van der Waals surface area (Å²) in [4.78, 5) is 10.3. The van der Waals surface area contributed by atoms with Crippen molar-refractivity contribution >= 4 is 16.9 Å². The summed E-state index contributed by atoms with van der Waals surface area (Å²) in [5.74, 6) is 1.03. The van der Waals surface area contributed by atoms with E-state index in [0.29, 0.717) is 5.41 Å². The van der Waals surface area contributed by atoms with Gasteiger partial charge in [-0.2, -0.15) is 0 Å². The fourth-order valence-electron chi connectivity index (χ4n) is 4.30. The normalized spacial score (nSPS) is 23.9. The Bertz CT molecular complexity index is 773. The second-order valence-electron chi connectivity index (χ2n) is 7.51. The van der Waals surface area contributed by atoms with Crippen molar-refractivity contribution in [2.75, 3.05) is 39.9 Å². The number of nitrogens with one attached hydrogen (secondary N) is 2. The molecule has 1 aromatic carbocycles. The molecule has 2 aliphatic rings. The third-order valence-electron chi connectivity index (χ3n) is 5.82. The molecule has 0 amide bonds. The van der Waals surface area contributed by atoms with E-state index < -0.39 is 0 Å². The molecule has 3 heterocycles. The molecule has 4 rings (SSSR count). The van der Waals surface area contributed by atoms with Gasteiger partial charge in [-0.1, -0.05) is 18.2 Å². The van der Waals surface area contributed by atoms with E-state index in [0.717, 1.165) is 45.2 Å². The Morgan fingerprint density at radius 3 is 3.12 bits per heavy atom. The summed E-state index contributed by atoms with van der Waals surface area (Å²) in [5, 5.41) is 4.89. The van der Waals surface area contributed by atoms with Gasteiger partial charge in [-0.25, -0.2) is 0 Å². The number of hydrogen-bond donors (Lipinski definition) is 2. The van der Waals surface area contributed by atoms with Gasteiger partial charge in [0.05, 0.1) is 6.61 Å². The Hall–Kier alpha value is -2.01. The van der Waals surface area contributed by atoms with Gasteiger partial charge in [0.15, 0.2) is 5.96 Å². The number of para-hydroxylation sites is 1. The highest BCUT2D eigenvalue weighted by molar-refractivity contribution is 5.86. The van der Waals surface area contributed by atoms with Crippen molar-refractivity contribution in [3.8, 4) is 0 Å². The zero-order chi connectivity index (χ0) is 17.3. The molecule has 25 heavy (non-hydrogen) atoms. The number of aryl methyl sites for hydroxylation is 1. The molecule has 0 saturated carbocycles. The summed E-state index contributed by atoms with van der Waals surface area (Å²) >= 11 is 0. The molecule has 0 bridgehead atoms. The van der Waals surface area contributed by atoms with Crippen molar-refractivity contribution in [1.82, 2.24) is 15.2 Å². The molecule has 2 aromatic rings. The van der Waals surface area contributed by atoms with Crippen molar-refractivity contribution in [1.29, 1.82) is 0 Å². The van der Waals surface area contributed by atoms with E-state index in [1.165, 1.54) is 34.9 Å². The van der Waals surface area contributed by atoms with Gasteiger partial charge in [0.25, 0.3) is 0 Å². The van der Waals surface area contributed by atoms with E-state index in [1.807, 2.05) is 7.05 Å². The average Bonchev–Trinajstić information content (AvgIpc) is 3.34. The number of fused-ring (bicyclic) bond motifs is 1. The molecule has 2 saturated heterocycles. The number of benzene rings is 1. The van der Waals surface area contributed by atoms with Gasteiger partial charge in [0.1, 0.15) is 0 Å². The number of guanidine groups is 1. The Morgan fingerprint density at radius 2 is 2.32 bits per heavy atom. The number of aromatic nitrogens is 1. The SMILES string of the molecule is CN=C(NCCc1c[nH]c2c(C)cccc12)N1CCC2(CCOC2)C1. The molecule has 0 aliphatic carbocycles. The Balaban J connectivity index is 1.36. The lowest BCUT2D eigenvalue weighted by Crippen LogP contribution is -2.42. The first-order valence-electron chi connectivity index (χ1n) is 9.30. The Morgan fingerprint density at radius 1 is 1.40 bits per heavy atom. The van der Waals surface area contributed by atoms with E-state index in [9.17, 15) is 0 Å². The van der Waals surface area contributed by atoms with Crippen molar-refractivity contribution in [2.45, 2.75) is 26.2 Å². The van der Waals surface area contributed by atoms with Crippen LogP contribution in [0.25, 0.3) is 10.9 Å². The van der Waals surface area contributed by atoms with Gasteiger partial charge < -0.3 is 19.9 Å². The van der Waals surface area contributed by atoms with Crippen LogP contribution in [0.15, 0.2) is 29.4 Å². The minimum absolute atomic E-state index is 0.367. The van der Waals surface area contributed by atoms with E-state index in [2.05, 4.69) is 51.5 Å². The topological polar surface area (TPSA) is 52.7 Å². The molecule has 1 atom stereocenters. The maximum absolute atomic E-state index is 5.63. The zero-order valence-electron chi connectivity index (χ0n) is 15.3. The van der Waals surface area contributed by atoms with Crippen LogP contribution in [0.3, 0.4) is 0 Å². The molecule has 2 fully saturated rings. The molecule has 0 radical (unpaired) electrons. The first-order chi connectivity index (χ1) is 12.2. The fraction of sp³-hybridized carbons (Fsp3) is 0.550. The minimum atomic E-state index is 0.367. The van der Waals surface area contributed by atoms with E-state index in [-0.39, 0.29) is 0 Å². The molecule has 1 unspecified atom stereocenters. The first-order valence-corrected chi connectivity index (χ1v) is 9.30. The Labute approximate surface area is 149 Å². The van der Waals surface area contributed by atoms with Crippen molar-refractivity contribution in [2.24, 2.45) is 10.4 Å². The second-order valence-corrected chi connectivity index (χ2v) is 7.51. The first kappa shape index (κ1) is 16.5. The van der Waals surface area contributed by atoms with Crippen LogP contribution in [-0.4, -0.2) is 55.7 Å². The number of aliphatic imine (C=N–C) groups is 1. The molecule has 1 aromatic heterocycles. The second kappa shape index (κ2) is 6.71. The number of H-pyrrole nitrogens is 1. The summed E-state index contributed by atoms with van der Waals surface area (Å²) in [5.41, 5.74) is 4.29. The maximum atomic E-state index is 5.63. The van der Waals surface area contributed by atoms with E-state index in [4.69, 9.17) is 4.74 Å². The third-order valence-corrected chi connectivity index (χ3v) is 5.82. The van der Waals surface area contributed by atoms with Crippen LogP contribution in [0.2, 0.25) is 0 Å². The molecule has 1 spiro atoms. The monoisotopic (exact) mass is 340 g/mol. The summed E-state index contributed by atoms with van der Waals surface area (Å²) in [6, 6.07) is 6.49. The highest BCUT2D eigenvalue weighted by atomic mass is 16.5. The largest absolute Gasteiger partial charge is 0.381 e. The standard InChI is InChI=1S/C20H28N4O/c1-15-4-3-5-17-16(12-23-18(15)17)6-9-22-19(21-2)24-10-7-20(13-24)8-11-25-14-20/h3-5,12,23H,6-11,13-14H2,1-2H3,(H,21,22). The average molecular weight is 340 g/mol. The number of ether oxygens (including phenoxy) is 1. The van der Waals surface area contributed by atoms with Crippen LogP contribution >= 0.6 is 0 Å². The molecule has 2 N–H and O–H groups in total. The summed E-state index contributed by atoms with van der Waals surface area (Å²) in [6.07, 6.45) is 5.54. The van der Waals surface area contributed by atoms with Crippen LogP contribution in [0.4, 0.5) is 0 Å². The van der Waals surface area contributed by atoms with Gasteiger partial charge in [-0.3, -0.25) is 4.99 Å². The zero-order valence-corrected chi connectivity index (χ0v) is 15.3. The lowest BCUT2D eigenvalue weighted by molar-refractivity contribution is 0.156. The van der Waals surface area contributed by atoms with Crippen LogP contribution < -0.4 is 5.32 Å². The van der Waals surface area contributed by atoms with Gasteiger partial charge >= 0.3 is 0 Å². The highest BCUT2D eigenvalue weighted by Gasteiger charge is 2.42.